The predicted octanol–water partition coefficient (Wildman–Crippen LogP) is 2.65. The number of amides is 1. The molecule has 2 N–H and O–H groups in total. The number of nitrogens with zero attached hydrogens (tertiary/aromatic N) is 1. The van der Waals surface area contributed by atoms with Crippen molar-refractivity contribution in [1.29, 1.82) is 0 Å². The van der Waals surface area contributed by atoms with E-state index in [2.05, 4.69) is 5.32 Å². The molecule has 1 heterocycles. The highest BCUT2D eigenvalue weighted by Gasteiger charge is 2.28. The molecule has 0 bridgehead atoms. The maximum Gasteiger partial charge on any atom is 0.405 e. The Balaban J connectivity index is 2.08. The van der Waals surface area contributed by atoms with Crippen LogP contribution < -0.4 is 10.6 Å². The Labute approximate surface area is 157 Å². The summed E-state index contributed by atoms with van der Waals surface area (Å²) >= 11 is 0. The highest BCUT2D eigenvalue weighted by atomic mass is 32.2. The van der Waals surface area contributed by atoms with Crippen LogP contribution in [0.15, 0.2) is 23.1 Å². The second-order valence-electron chi connectivity index (χ2n) is 6.54. The van der Waals surface area contributed by atoms with E-state index < -0.39 is 28.7 Å². The van der Waals surface area contributed by atoms with Crippen LogP contribution in [0.3, 0.4) is 0 Å². The predicted molar refractivity (Wildman–Crippen MR) is 96.0 cm³/mol. The molecule has 10 heteroatoms. The Hall–Kier alpha value is -1.81. The van der Waals surface area contributed by atoms with E-state index in [4.69, 9.17) is 0 Å². The zero-order chi connectivity index (χ0) is 20.1. The number of carbonyl (C=O) groups excluding carboxylic acids is 1. The molecule has 1 aliphatic rings. The molecular weight excluding hydrogens is 383 g/mol. The van der Waals surface area contributed by atoms with Gasteiger partial charge in [0.1, 0.15) is 6.54 Å². The minimum absolute atomic E-state index is 0.144. The number of sulfonamides is 1. The fraction of sp³-hybridized carbons (Fsp3) is 0.588. The van der Waals surface area contributed by atoms with Gasteiger partial charge in [0.15, 0.2) is 0 Å². The van der Waals surface area contributed by atoms with Crippen LogP contribution in [0.4, 0.5) is 18.9 Å². The van der Waals surface area contributed by atoms with Crippen LogP contribution in [-0.2, 0) is 14.8 Å². The van der Waals surface area contributed by atoms with Gasteiger partial charge in [0.25, 0.3) is 0 Å². The van der Waals surface area contributed by atoms with Gasteiger partial charge >= 0.3 is 6.18 Å². The van der Waals surface area contributed by atoms with E-state index in [1.807, 2.05) is 0 Å². The summed E-state index contributed by atoms with van der Waals surface area (Å²) in [6.07, 6.45) is -0.849. The van der Waals surface area contributed by atoms with Crippen LogP contribution in [0.5, 0.6) is 0 Å². The van der Waals surface area contributed by atoms with Gasteiger partial charge in [-0.15, -0.1) is 0 Å². The lowest BCUT2D eigenvalue weighted by atomic mass is 10.2. The highest BCUT2D eigenvalue weighted by Crippen LogP contribution is 2.25. The van der Waals surface area contributed by atoms with Crippen molar-refractivity contribution in [2.75, 3.05) is 31.5 Å². The average Bonchev–Trinajstić information content (AvgIpc) is 2.88. The van der Waals surface area contributed by atoms with Gasteiger partial charge < -0.3 is 10.6 Å². The number of anilines is 1. The minimum atomic E-state index is -4.48. The van der Waals surface area contributed by atoms with E-state index in [1.54, 1.807) is 24.4 Å². The van der Waals surface area contributed by atoms with Crippen molar-refractivity contribution in [1.82, 2.24) is 9.62 Å². The van der Waals surface area contributed by atoms with Crippen LogP contribution in [0.25, 0.3) is 0 Å². The summed E-state index contributed by atoms with van der Waals surface area (Å²) in [5.41, 5.74) is 0.933. The molecule has 0 atom stereocenters. The van der Waals surface area contributed by atoms with E-state index in [0.29, 0.717) is 24.3 Å². The van der Waals surface area contributed by atoms with E-state index in [9.17, 15) is 26.4 Å². The van der Waals surface area contributed by atoms with Gasteiger partial charge in [0.2, 0.25) is 15.9 Å². The number of hydrogen-bond donors (Lipinski definition) is 2. The first kappa shape index (κ1) is 21.5. The molecule has 0 aliphatic carbocycles. The first-order valence-corrected chi connectivity index (χ1v) is 10.2. The summed E-state index contributed by atoms with van der Waals surface area (Å²) in [7, 11) is -3.66. The van der Waals surface area contributed by atoms with Crippen molar-refractivity contribution in [3.63, 3.8) is 0 Å². The molecule has 27 heavy (non-hydrogen) atoms. The third kappa shape index (κ3) is 6.39. The molecule has 1 saturated heterocycles. The fourth-order valence-electron chi connectivity index (χ4n) is 2.85. The van der Waals surface area contributed by atoms with Gasteiger partial charge in [0.05, 0.1) is 11.4 Å². The summed E-state index contributed by atoms with van der Waals surface area (Å²) in [6, 6.07) is 4.63. The molecule has 1 amide bonds. The summed E-state index contributed by atoms with van der Waals surface area (Å²) in [6.45, 7) is 0.835. The molecule has 0 radical (unpaired) electrons. The zero-order valence-electron chi connectivity index (χ0n) is 15.1. The van der Waals surface area contributed by atoms with Crippen LogP contribution in [0, 0.1) is 6.92 Å². The maximum absolute atomic E-state index is 13.0. The third-order valence-corrected chi connectivity index (χ3v) is 6.35. The average molecular weight is 407 g/mol. The summed E-state index contributed by atoms with van der Waals surface area (Å²) in [5.74, 6) is -0.829. The number of benzene rings is 1. The van der Waals surface area contributed by atoms with E-state index in [-0.39, 0.29) is 11.4 Å². The van der Waals surface area contributed by atoms with Gasteiger partial charge in [-0.25, -0.2) is 8.42 Å². The number of hydrogen-bond acceptors (Lipinski definition) is 4. The molecule has 1 aliphatic heterocycles. The van der Waals surface area contributed by atoms with E-state index in [0.717, 1.165) is 25.7 Å². The molecular formula is C17H24F3N3O3S. The molecule has 1 aromatic carbocycles. The van der Waals surface area contributed by atoms with Crippen LogP contribution >= 0.6 is 0 Å². The third-order valence-electron chi connectivity index (χ3n) is 4.31. The highest BCUT2D eigenvalue weighted by molar-refractivity contribution is 7.89. The van der Waals surface area contributed by atoms with E-state index in [1.165, 1.54) is 10.4 Å². The summed E-state index contributed by atoms with van der Waals surface area (Å²) < 4.78 is 63.7. The lowest BCUT2D eigenvalue weighted by Crippen LogP contribution is -2.37. The molecule has 1 aromatic rings. The van der Waals surface area contributed by atoms with Crippen molar-refractivity contribution >= 4 is 21.6 Å². The first-order chi connectivity index (χ1) is 12.6. The number of halogens is 3. The van der Waals surface area contributed by atoms with E-state index >= 15 is 0 Å². The monoisotopic (exact) mass is 407 g/mol. The van der Waals surface area contributed by atoms with Crippen molar-refractivity contribution in [3.05, 3.63) is 23.8 Å². The standard InChI is InChI=1S/C17H24F3N3O3S/c1-13-6-7-14(21-11-16(24)22-12-17(18,19)20)10-15(13)27(25,26)23-8-4-2-3-5-9-23/h6-7,10,21H,2-5,8-9,11-12H2,1H3,(H,22,24). The molecule has 2 rings (SSSR count). The van der Waals surface area contributed by atoms with Crippen molar-refractivity contribution in [3.8, 4) is 0 Å². The topological polar surface area (TPSA) is 78.5 Å². The number of rotatable bonds is 6. The number of carbonyl (C=O) groups is 1. The number of nitrogens with one attached hydrogen (secondary N) is 2. The second-order valence-corrected chi connectivity index (χ2v) is 8.45. The minimum Gasteiger partial charge on any atom is -0.376 e. The number of alkyl halides is 3. The second kappa shape index (κ2) is 8.92. The Morgan fingerprint density at radius 3 is 2.37 bits per heavy atom. The van der Waals surface area contributed by atoms with Gasteiger partial charge in [-0.05, 0) is 37.5 Å². The van der Waals surface area contributed by atoms with Crippen LogP contribution in [-0.4, -0.2) is 51.0 Å². The summed E-state index contributed by atoms with van der Waals surface area (Å²) in [5, 5.41) is 4.43. The maximum atomic E-state index is 13.0. The molecule has 0 saturated carbocycles. The van der Waals surface area contributed by atoms with Crippen molar-refractivity contribution in [2.45, 2.75) is 43.7 Å². The molecule has 0 spiro atoms. The van der Waals surface area contributed by atoms with Crippen molar-refractivity contribution < 1.29 is 26.4 Å². The fourth-order valence-corrected chi connectivity index (χ4v) is 4.62. The SMILES string of the molecule is Cc1ccc(NCC(=O)NCC(F)(F)F)cc1S(=O)(=O)N1CCCCCC1. The Morgan fingerprint density at radius 1 is 1.15 bits per heavy atom. The van der Waals surface area contributed by atoms with Gasteiger partial charge in [-0.1, -0.05) is 18.9 Å². The van der Waals surface area contributed by atoms with Gasteiger partial charge in [0, 0.05) is 18.8 Å². The van der Waals surface area contributed by atoms with Crippen molar-refractivity contribution in [2.24, 2.45) is 0 Å². The van der Waals surface area contributed by atoms with Gasteiger partial charge in [-0.2, -0.15) is 17.5 Å². The van der Waals surface area contributed by atoms with Crippen LogP contribution in [0.2, 0.25) is 0 Å². The first-order valence-electron chi connectivity index (χ1n) is 8.78. The largest absolute Gasteiger partial charge is 0.405 e. The lowest BCUT2D eigenvalue weighted by molar-refractivity contribution is -0.137. The lowest BCUT2D eigenvalue weighted by Gasteiger charge is -2.21. The molecule has 6 nitrogen and oxygen atoms in total. The number of aryl methyl sites for hydroxylation is 1. The van der Waals surface area contributed by atoms with Gasteiger partial charge in [-0.3, -0.25) is 4.79 Å². The Bertz CT molecular complexity index is 758. The Kier molecular flexibility index (Phi) is 7.10. The molecule has 1 fully saturated rings. The molecule has 152 valence electrons. The molecule has 0 unspecified atom stereocenters. The Morgan fingerprint density at radius 2 is 1.78 bits per heavy atom. The molecule has 0 aromatic heterocycles. The normalized spacial score (nSPS) is 16.6. The zero-order valence-corrected chi connectivity index (χ0v) is 15.9. The van der Waals surface area contributed by atoms with Crippen LogP contribution in [0.1, 0.15) is 31.2 Å². The quantitative estimate of drug-likeness (QED) is 0.760. The smallest absolute Gasteiger partial charge is 0.376 e. The summed E-state index contributed by atoms with van der Waals surface area (Å²) in [4.78, 5) is 11.6.